The van der Waals surface area contributed by atoms with E-state index in [9.17, 15) is 0 Å². The highest BCUT2D eigenvalue weighted by atomic mass is 16.5. The molecule has 2 atom stereocenters. The first-order valence-electron chi connectivity index (χ1n) is 7.24. The molecule has 0 aromatic heterocycles. The molecule has 0 amide bonds. The molecule has 2 unspecified atom stereocenters. The molecule has 2 rings (SSSR count). The third-order valence-corrected chi connectivity index (χ3v) is 5.00. The largest absolute Gasteiger partial charge is 0.377 e. The van der Waals surface area contributed by atoms with Crippen LogP contribution in [0, 0.1) is 0 Å². The summed E-state index contributed by atoms with van der Waals surface area (Å²) in [5.74, 6) is 0. The van der Waals surface area contributed by atoms with Crippen LogP contribution in [-0.4, -0.2) is 42.8 Å². The van der Waals surface area contributed by atoms with Gasteiger partial charge in [0.15, 0.2) is 0 Å². The second-order valence-electron chi connectivity index (χ2n) is 5.89. The monoisotopic (exact) mass is 240 g/mol. The van der Waals surface area contributed by atoms with Gasteiger partial charge in [-0.25, -0.2) is 0 Å². The Morgan fingerprint density at radius 1 is 1.24 bits per heavy atom. The topological polar surface area (TPSA) is 38.5 Å². The van der Waals surface area contributed by atoms with Crippen LogP contribution in [0.2, 0.25) is 0 Å². The third-order valence-electron chi connectivity index (χ3n) is 5.00. The Bertz CT molecular complexity index is 236. The molecule has 1 saturated carbocycles. The molecule has 1 aliphatic heterocycles. The predicted octanol–water partition coefficient (Wildman–Crippen LogP) is 2.15. The molecule has 3 nitrogen and oxygen atoms in total. The van der Waals surface area contributed by atoms with E-state index in [-0.39, 0.29) is 5.54 Å². The van der Waals surface area contributed by atoms with Crippen molar-refractivity contribution in [2.45, 2.75) is 69.6 Å². The van der Waals surface area contributed by atoms with Crippen molar-refractivity contribution in [3.05, 3.63) is 0 Å². The van der Waals surface area contributed by atoms with Crippen molar-refractivity contribution in [1.82, 2.24) is 4.90 Å². The van der Waals surface area contributed by atoms with E-state index in [4.69, 9.17) is 10.5 Å². The maximum absolute atomic E-state index is 6.14. The zero-order valence-electron chi connectivity index (χ0n) is 11.5. The fourth-order valence-electron chi connectivity index (χ4n) is 3.67. The van der Waals surface area contributed by atoms with Crippen molar-refractivity contribution in [3.8, 4) is 0 Å². The zero-order chi connectivity index (χ0) is 12.3. The van der Waals surface area contributed by atoms with Gasteiger partial charge in [-0.15, -0.1) is 0 Å². The van der Waals surface area contributed by atoms with Gasteiger partial charge in [-0.1, -0.05) is 25.7 Å². The lowest BCUT2D eigenvalue weighted by Gasteiger charge is -2.45. The quantitative estimate of drug-likeness (QED) is 0.768. The minimum atomic E-state index is 0.239. The Morgan fingerprint density at radius 2 is 1.88 bits per heavy atom. The molecule has 0 aromatic rings. The minimum absolute atomic E-state index is 0.239. The van der Waals surface area contributed by atoms with Gasteiger partial charge in [0, 0.05) is 24.7 Å². The van der Waals surface area contributed by atoms with E-state index in [1.165, 1.54) is 44.9 Å². The summed E-state index contributed by atoms with van der Waals surface area (Å²) >= 11 is 0. The van der Waals surface area contributed by atoms with Crippen molar-refractivity contribution < 1.29 is 4.74 Å². The standard InChI is InChI=1S/C14H28N2O/c1-12-13(7-10-17-12)16(2)14(11-15)8-5-3-4-6-9-14/h12-13H,3-11,15H2,1-2H3. The van der Waals surface area contributed by atoms with E-state index in [0.29, 0.717) is 12.1 Å². The summed E-state index contributed by atoms with van der Waals surface area (Å²) in [7, 11) is 2.27. The number of hydrogen-bond donors (Lipinski definition) is 1. The number of likely N-dealkylation sites (N-methyl/N-ethyl adjacent to an activating group) is 1. The van der Waals surface area contributed by atoms with Crippen LogP contribution in [-0.2, 0) is 4.74 Å². The average molecular weight is 240 g/mol. The van der Waals surface area contributed by atoms with Gasteiger partial charge in [-0.2, -0.15) is 0 Å². The Kier molecular flexibility index (Phi) is 4.45. The molecule has 0 bridgehead atoms. The van der Waals surface area contributed by atoms with E-state index >= 15 is 0 Å². The van der Waals surface area contributed by atoms with Gasteiger partial charge >= 0.3 is 0 Å². The Morgan fingerprint density at radius 3 is 2.35 bits per heavy atom. The van der Waals surface area contributed by atoms with E-state index in [2.05, 4.69) is 18.9 Å². The number of nitrogens with zero attached hydrogens (tertiary/aromatic N) is 1. The van der Waals surface area contributed by atoms with Crippen LogP contribution in [0.3, 0.4) is 0 Å². The lowest BCUT2D eigenvalue weighted by molar-refractivity contribution is 0.0203. The Labute approximate surface area is 106 Å². The first-order chi connectivity index (χ1) is 8.19. The van der Waals surface area contributed by atoms with Gasteiger partial charge in [0.25, 0.3) is 0 Å². The van der Waals surface area contributed by atoms with Gasteiger partial charge in [0.05, 0.1) is 6.10 Å². The molecule has 17 heavy (non-hydrogen) atoms. The molecule has 2 aliphatic rings. The molecule has 1 heterocycles. The van der Waals surface area contributed by atoms with Crippen LogP contribution >= 0.6 is 0 Å². The number of nitrogens with two attached hydrogens (primary N) is 1. The summed E-state index contributed by atoms with van der Waals surface area (Å²) in [5.41, 5.74) is 6.38. The van der Waals surface area contributed by atoms with Crippen LogP contribution in [0.25, 0.3) is 0 Å². The molecule has 2 fully saturated rings. The molecule has 1 saturated heterocycles. The van der Waals surface area contributed by atoms with Gasteiger partial charge in [-0.05, 0) is 33.2 Å². The van der Waals surface area contributed by atoms with Crippen molar-refractivity contribution in [2.75, 3.05) is 20.2 Å². The Balaban J connectivity index is 2.09. The first-order valence-corrected chi connectivity index (χ1v) is 7.24. The van der Waals surface area contributed by atoms with Crippen molar-refractivity contribution in [1.29, 1.82) is 0 Å². The maximum Gasteiger partial charge on any atom is 0.0703 e. The molecule has 0 spiro atoms. The fraction of sp³-hybridized carbons (Fsp3) is 1.00. The van der Waals surface area contributed by atoms with Crippen LogP contribution in [0.5, 0.6) is 0 Å². The molecule has 100 valence electrons. The van der Waals surface area contributed by atoms with Gasteiger partial charge in [0.2, 0.25) is 0 Å². The van der Waals surface area contributed by atoms with E-state index in [1.54, 1.807) is 0 Å². The molecule has 2 N–H and O–H groups in total. The van der Waals surface area contributed by atoms with Gasteiger partial charge in [-0.3, -0.25) is 4.90 Å². The van der Waals surface area contributed by atoms with Crippen LogP contribution in [0.1, 0.15) is 51.9 Å². The summed E-state index contributed by atoms with van der Waals surface area (Å²) in [6.07, 6.45) is 9.50. The second-order valence-corrected chi connectivity index (χ2v) is 5.89. The summed E-state index contributed by atoms with van der Waals surface area (Å²) < 4.78 is 5.72. The first kappa shape index (κ1) is 13.3. The van der Waals surface area contributed by atoms with Crippen LogP contribution in [0.15, 0.2) is 0 Å². The van der Waals surface area contributed by atoms with Gasteiger partial charge in [0.1, 0.15) is 0 Å². The smallest absolute Gasteiger partial charge is 0.0703 e. The molecule has 1 aliphatic carbocycles. The van der Waals surface area contributed by atoms with Crippen molar-refractivity contribution >= 4 is 0 Å². The fourth-order valence-corrected chi connectivity index (χ4v) is 3.67. The van der Waals surface area contributed by atoms with Crippen LogP contribution < -0.4 is 5.73 Å². The lowest BCUT2D eigenvalue weighted by Crippen LogP contribution is -2.57. The maximum atomic E-state index is 6.14. The summed E-state index contributed by atoms with van der Waals surface area (Å²) in [6.45, 7) is 3.92. The highest BCUT2D eigenvalue weighted by Crippen LogP contribution is 2.35. The normalized spacial score (nSPS) is 33.9. The molecular formula is C14H28N2O. The number of rotatable bonds is 3. The zero-order valence-corrected chi connectivity index (χ0v) is 11.5. The highest BCUT2D eigenvalue weighted by molar-refractivity contribution is 4.97. The van der Waals surface area contributed by atoms with Crippen molar-refractivity contribution in [2.24, 2.45) is 5.73 Å². The highest BCUT2D eigenvalue weighted by Gasteiger charge is 2.40. The molecule has 0 radical (unpaired) electrons. The summed E-state index contributed by atoms with van der Waals surface area (Å²) in [5, 5.41) is 0. The second kappa shape index (κ2) is 5.68. The molecule has 3 heteroatoms. The molecular weight excluding hydrogens is 212 g/mol. The summed E-state index contributed by atoms with van der Waals surface area (Å²) in [4.78, 5) is 2.57. The molecule has 0 aromatic carbocycles. The average Bonchev–Trinajstić information content (AvgIpc) is 2.64. The van der Waals surface area contributed by atoms with E-state index < -0.39 is 0 Å². The Hall–Kier alpha value is -0.120. The van der Waals surface area contributed by atoms with Crippen LogP contribution in [0.4, 0.5) is 0 Å². The summed E-state index contributed by atoms with van der Waals surface area (Å²) in [6, 6.07) is 0.566. The van der Waals surface area contributed by atoms with E-state index in [0.717, 1.165) is 13.2 Å². The van der Waals surface area contributed by atoms with Crippen molar-refractivity contribution in [3.63, 3.8) is 0 Å². The predicted molar refractivity (Wildman–Crippen MR) is 71.1 cm³/mol. The SMILES string of the molecule is CC1OCCC1N(C)C1(CN)CCCCCC1. The number of hydrogen-bond acceptors (Lipinski definition) is 3. The van der Waals surface area contributed by atoms with Gasteiger partial charge < -0.3 is 10.5 Å². The van der Waals surface area contributed by atoms with E-state index in [1.807, 2.05) is 0 Å². The minimum Gasteiger partial charge on any atom is -0.377 e. The lowest BCUT2D eigenvalue weighted by atomic mass is 9.86. The third kappa shape index (κ3) is 2.67. The number of ether oxygens (including phenoxy) is 1.